The average molecular weight is 325 g/mol. The van der Waals surface area contributed by atoms with E-state index in [1.807, 2.05) is 25.1 Å². The lowest BCUT2D eigenvalue weighted by atomic mass is 10.0. The van der Waals surface area contributed by atoms with Gasteiger partial charge in [-0.05, 0) is 50.4 Å². The van der Waals surface area contributed by atoms with Crippen LogP contribution in [0.3, 0.4) is 0 Å². The number of carbonyl (C=O) groups excluding carboxylic acids is 1. The molecule has 0 aliphatic carbocycles. The van der Waals surface area contributed by atoms with E-state index in [4.69, 9.17) is 0 Å². The lowest BCUT2D eigenvalue weighted by molar-refractivity contribution is -0.116. The molecule has 1 atom stereocenters. The van der Waals surface area contributed by atoms with Gasteiger partial charge in [0.2, 0.25) is 5.91 Å². The Hall–Kier alpha value is -0.870. The zero-order chi connectivity index (χ0) is 13.7. The quantitative estimate of drug-likeness (QED) is 0.888. The minimum atomic E-state index is 0.100. The summed E-state index contributed by atoms with van der Waals surface area (Å²) in [6.45, 7) is 3.13. The maximum atomic E-state index is 11.9. The van der Waals surface area contributed by atoms with Gasteiger partial charge in [-0.1, -0.05) is 28.4 Å². The third kappa shape index (κ3) is 4.62. The molecule has 1 unspecified atom stereocenters. The van der Waals surface area contributed by atoms with Crippen molar-refractivity contribution in [1.82, 2.24) is 5.32 Å². The Morgan fingerprint density at radius 3 is 3.00 bits per heavy atom. The number of carbonyl (C=O) groups is 1. The van der Waals surface area contributed by atoms with Crippen molar-refractivity contribution in [3.63, 3.8) is 0 Å². The Morgan fingerprint density at radius 1 is 1.47 bits per heavy atom. The molecule has 0 aromatic heterocycles. The van der Waals surface area contributed by atoms with Crippen molar-refractivity contribution in [3.05, 3.63) is 28.2 Å². The van der Waals surface area contributed by atoms with Crippen LogP contribution in [0.25, 0.3) is 0 Å². The molecule has 1 amide bonds. The average Bonchev–Trinajstić information content (AvgIpc) is 2.42. The van der Waals surface area contributed by atoms with Gasteiger partial charge in [0.05, 0.1) is 0 Å². The smallest absolute Gasteiger partial charge is 0.224 e. The molecule has 19 heavy (non-hydrogen) atoms. The van der Waals surface area contributed by atoms with E-state index in [9.17, 15) is 4.79 Å². The second-order valence-corrected chi connectivity index (χ2v) is 6.05. The van der Waals surface area contributed by atoms with Crippen molar-refractivity contribution >= 4 is 27.5 Å². The van der Waals surface area contributed by atoms with E-state index in [1.165, 1.54) is 24.8 Å². The molecule has 1 aromatic rings. The molecule has 1 aromatic carbocycles. The van der Waals surface area contributed by atoms with Crippen LogP contribution in [0.1, 0.15) is 37.7 Å². The molecule has 0 bridgehead atoms. The van der Waals surface area contributed by atoms with Crippen LogP contribution >= 0.6 is 15.9 Å². The number of benzene rings is 1. The fraction of sp³-hybridized carbons (Fsp3) is 0.533. The molecule has 0 spiro atoms. The van der Waals surface area contributed by atoms with Crippen LogP contribution in [0.5, 0.6) is 0 Å². The summed E-state index contributed by atoms with van der Waals surface area (Å²) in [5, 5.41) is 6.42. The highest BCUT2D eigenvalue weighted by Crippen LogP contribution is 2.21. The highest BCUT2D eigenvalue weighted by Gasteiger charge is 2.14. The van der Waals surface area contributed by atoms with Crippen LogP contribution in [-0.2, 0) is 4.79 Å². The molecule has 104 valence electrons. The first kappa shape index (κ1) is 14.5. The van der Waals surface area contributed by atoms with Crippen LogP contribution in [0.2, 0.25) is 0 Å². The fourth-order valence-electron chi connectivity index (χ4n) is 2.37. The summed E-state index contributed by atoms with van der Waals surface area (Å²) >= 11 is 3.48. The molecule has 0 saturated carbocycles. The zero-order valence-corrected chi connectivity index (χ0v) is 12.9. The highest BCUT2D eigenvalue weighted by atomic mass is 79.9. The minimum Gasteiger partial charge on any atom is -0.326 e. The number of halogens is 1. The van der Waals surface area contributed by atoms with Gasteiger partial charge in [0, 0.05) is 22.6 Å². The summed E-state index contributed by atoms with van der Waals surface area (Å²) in [5.74, 6) is 0.100. The van der Waals surface area contributed by atoms with E-state index in [1.54, 1.807) is 0 Å². The molecule has 4 heteroatoms. The number of hydrogen-bond acceptors (Lipinski definition) is 2. The molecule has 0 radical (unpaired) electrons. The molecule has 2 rings (SSSR count). The van der Waals surface area contributed by atoms with E-state index < -0.39 is 0 Å². The molecular formula is C15H21BrN2O. The molecule has 1 aliphatic heterocycles. The Labute approximate surface area is 123 Å². The first-order chi connectivity index (χ1) is 9.15. The fourth-order valence-corrected chi connectivity index (χ4v) is 2.75. The third-order valence-electron chi connectivity index (χ3n) is 3.59. The van der Waals surface area contributed by atoms with Gasteiger partial charge in [-0.2, -0.15) is 0 Å². The van der Waals surface area contributed by atoms with Crippen molar-refractivity contribution < 1.29 is 4.79 Å². The van der Waals surface area contributed by atoms with Crippen LogP contribution in [0.15, 0.2) is 22.7 Å². The van der Waals surface area contributed by atoms with Gasteiger partial charge in [-0.15, -0.1) is 0 Å². The number of hydrogen-bond donors (Lipinski definition) is 2. The van der Waals surface area contributed by atoms with Gasteiger partial charge >= 0.3 is 0 Å². The van der Waals surface area contributed by atoms with Crippen molar-refractivity contribution in [2.45, 2.75) is 45.1 Å². The number of piperidine rings is 1. The number of anilines is 1. The van der Waals surface area contributed by atoms with Crippen LogP contribution < -0.4 is 10.6 Å². The maximum Gasteiger partial charge on any atom is 0.224 e. The Kier molecular flexibility index (Phi) is 5.40. The normalized spacial score (nSPS) is 19.2. The number of aryl methyl sites for hydroxylation is 1. The number of rotatable bonds is 4. The summed E-state index contributed by atoms with van der Waals surface area (Å²) < 4.78 is 1.03. The van der Waals surface area contributed by atoms with Crippen molar-refractivity contribution in [2.75, 3.05) is 11.9 Å². The Morgan fingerprint density at radius 2 is 2.32 bits per heavy atom. The lowest BCUT2D eigenvalue weighted by Crippen LogP contribution is -2.34. The molecule has 2 N–H and O–H groups in total. The third-order valence-corrected chi connectivity index (χ3v) is 4.44. The van der Waals surface area contributed by atoms with Crippen molar-refractivity contribution in [3.8, 4) is 0 Å². The first-order valence-corrected chi connectivity index (χ1v) is 7.74. The minimum absolute atomic E-state index is 0.100. The Bertz CT molecular complexity index is 442. The summed E-state index contributed by atoms with van der Waals surface area (Å²) in [6.07, 6.45) is 5.26. The lowest BCUT2D eigenvalue weighted by Gasteiger charge is -2.23. The molecule has 1 saturated heterocycles. The topological polar surface area (TPSA) is 41.1 Å². The van der Waals surface area contributed by atoms with E-state index >= 15 is 0 Å². The first-order valence-electron chi connectivity index (χ1n) is 6.94. The van der Waals surface area contributed by atoms with E-state index in [0.29, 0.717) is 12.5 Å². The summed E-state index contributed by atoms with van der Waals surface area (Å²) in [5.41, 5.74) is 2.03. The zero-order valence-electron chi connectivity index (χ0n) is 11.3. The van der Waals surface area contributed by atoms with Crippen molar-refractivity contribution in [1.29, 1.82) is 0 Å². The Balaban J connectivity index is 1.78. The van der Waals surface area contributed by atoms with Gasteiger partial charge in [-0.3, -0.25) is 4.79 Å². The standard InChI is InChI=1S/C15H21BrN2O/c1-11-5-6-13(10-14(11)16)18-15(19)8-7-12-4-2-3-9-17-12/h5-6,10,12,17H,2-4,7-9H2,1H3,(H,18,19). The second kappa shape index (κ2) is 7.06. The van der Waals surface area contributed by atoms with E-state index in [0.717, 1.165) is 23.1 Å². The van der Waals surface area contributed by atoms with Gasteiger partial charge in [0.25, 0.3) is 0 Å². The predicted octanol–water partition coefficient (Wildman–Crippen LogP) is 3.62. The maximum absolute atomic E-state index is 11.9. The van der Waals surface area contributed by atoms with Gasteiger partial charge in [-0.25, -0.2) is 0 Å². The molecular weight excluding hydrogens is 304 g/mol. The highest BCUT2D eigenvalue weighted by molar-refractivity contribution is 9.10. The second-order valence-electron chi connectivity index (χ2n) is 5.20. The van der Waals surface area contributed by atoms with Gasteiger partial charge in [0.1, 0.15) is 0 Å². The molecule has 3 nitrogen and oxygen atoms in total. The summed E-state index contributed by atoms with van der Waals surface area (Å²) in [6, 6.07) is 6.41. The number of nitrogens with one attached hydrogen (secondary N) is 2. The largest absolute Gasteiger partial charge is 0.326 e. The van der Waals surface area contributed by atoms with Crippen LogP contribution in [0.4, 0.5) is 5.69 Å². The molecule has 1 aliphatic rings. The van der Waals surface area contributed by atoms with Gasteiger partial charge < -0.3 is 10.6 Å². The van der Waals surface area contributed by atoms with E-state index in [-0.39, 0.29) is 5.91 Å². The van der Waals surface area contributed by atoms with Crippen molar-refractivity contribution in [2.24, 2.45) is 0 Å². The SMILES string of the molecule is Cc1ccc(NC(=O)CCC2CCCCN2)cc1Br. The van der Waals surface area contributed by atoms with Crippen LogP contribution in [-0.4, -0.2) is 18.5 Å². The van der Waals surface area contributed by atoms with Gasteiger partial charge in [0.15, 0.2) is 0 Å². The van der Waals surface area contributed by atoms with E-state index in [2.05, 4.69) is 26.6 Å². The molecule has 1 heterocycles. The van der Waals surface area contributed by atoms with Crippen LogP contribution in [0, 0.1) is 6.92 Å². The monoisotopic (exact) mass is 324 g/mol. The molecule has 1 fully saturated rings. The summed E-state index contributed by atoms with van der Waals surface area (Å²) in [4.78, 5) is 11.9. The number of amides is 1. The predicted molar refractivity (Wildman–Crippen MR) is 82.4 cm³/mol. The summed E-state index contributed by atoms with van der Waals surface area (Å²) in [7, 11) is 0.